The van der Waals surface area contributed by atoms with Crippen molar-refractivity contribution in [1.82, 2.24) is 4.98 Å². The van der Waals surface area contributed by atoms with Crippen molar-refractivity contribution in [3.63, 3.8) is 0 Å². The first-order valence-electron chi connectivity index (χ1n) is 5.93. The van der Waals surface area contributed by atoms with Crippen molar-refractivity contribution in [3.8, 4) is 0 Å². The fourth-order valence-electron chi connectivity index (χ4n) is 2.13. The van der Waals surface area contributed by atoms with E-state index in [0.717, 1.165) is 11.1 Å². The van der Waals surface area contributed by atoms with E-state index in [1.807, 2.05) is 0 Å². The van der Waals surface area contributed by atoms with Gasteiger partial charge in [-0.15, -0.1) is 0 Å². The van der Waals surface area contributed by atoms with Crippen LogP contribution in [0.25, 0.3) is 11.1 Å². The SMILES string of the molecule is O=C1OCC(c2ccc(Cl)cc2)=C1c1ccnc(F)c1. The summed E-state index contributed by atoms with van der Waals surface area (Å²) < 4.78 is 18.3. The maximum atomic E-state index is 13.2. The number of cyclic esters (lactones) is 1. The van der Waals surface area contributed by atoms with E-state index in [9.17, 15) is 9.18 Å². The molecule has 100 valence electrons. The summed E-state index contributed by atoms with van der Waals surface area (Å²) in [6, 6.07) is 9.88. The summed E-state index contributed by atoms with van der Waals surface area (Å²) in [4.78, 5) is 15.4. The van der Waals surface area contributed by atoms with E-state index < -0.39 is 11.9 Å². The highest BCUT2D eigenvalue weighted by Crippen LogP contribution is 2.33. The molecule has 1 aromatic heterocycles. The molecule has 2 heterocycles. The minimum absolute atomic E-state index is 0.166. The third-order valence-electron chi connectivity index (χ3n) is 3.06. The highest BCUT2D eigenvalue weighted by atomic mass is 35.5. The van der Waals surface area contributed by atoms with E-state index in [-0.39, 0.29) is 6.61 Å². The van der Waals surface area contributed by atoms with Gasteiger partial charge in [-0.25, -0.2) is 9.78 Å². The van der Waals surface area contributed by atoms with Crippen LogP contribution >= 0.6 is 11.6 Å². The Bertz CT molecular complexity index is 710. The maximum Gasteiger partial charge on any atom is 0.339 e. The molecule has 0 radical (unpaired) electrons. The summed E-state index contributed by atoms with van der Waals surface area (Å²) in [5.74, 6) is -1.09. The molecule has 2 aromatic rings. The van der Waals surface area contributed by atoms with Gasteiger partial charge in [-0.2, -0.15) is 4.39 Å². The molecular weight excluding hydrogens is 281 g/mol. The summed E-state index contributed by atoms with van der Waals surface area (Å²) in [5.41, 5.74) is 2.38. The lowest BCUT2D eigenvalue weighted by Gasteiger charge is -2.04. The van der Waals surface area contributed by atoms with E-state index >= 15 is 0 Å². The smallest absolute Gasteiger partial charge is 0.339 e. The summed E-state index contributed by atoms with van der Waals surface area (Å²) in [6.45, 7) is 0.166. The van der Waals surface area contributed by atoms with Crippen LogP contribution in [0.4, 0.5) is 4.39 Å². The first kappa shape index (κ1) is 12.8. The van der Waals surface area contributed by atoms with E-state index in [1.165, 1.54) is 12.3 Å². The number of hydrogen-bond donors (Lipinski definition) is 0. The standard InChI is InChI=1S/C15H9ClFNO2/c16-11-3-1-9(2-4-11)12-8-20-15(19)14(12)10-5-6-18-13(17)7-10/h1-7H,8H2. The van der Waals surface area contributed by atoms with Gasteiger partial charge in [-0.1, -0.05) is 23.7 Å². The molecule has 3 nitrogen and oxygen atoms in total. The second-order valence-corrected chi connectivity index (χ2v) is 4.74. The van der Waals surface area contributed by atoms with Crippen LogP contribution in [0.2, 0.25) is 5.02 Å². The Morgan fingerprint density at radius 2 is 1.90 bits per heavy atom. The highest BCUT2D eigenvalue weighted by Gasteiger charge is 2.27. The molecule has 1 aliphatic rings. The lowest BCUT2D eigenvalue weighted by atomic mass is 9.97. The molecule has 0 fully saturated rings. The average molecular weight is 290 g/mol. The van der Waals surface area contributed by atoms with Crippen LogP contribution in [-0.4, -0.2) is 17.6 Å². The number of nitrogens with zero attached hydrogens (tertiary/aromatic N) is 1. The zero-order valence-electron chi connectivity index (χ0n) is 10.3. The van der Waals surface area contributed by atoms with Gasteiger partial charge in [0.25, 0.3) is 0 Å². The predicted octanol–water partition coefficient (Wildman–Crippen LogP) is 3.34. The van der Waals surface area contributed by atoms with Crippen LogP contribution in [-0.2, 0) is 9.53 Å². The van der Waals surface area contributed by atoms with E-state index in [4.69, 9.17) is 16.3 Å². The number of rotatable bonds is 2. The minimum atomic E-state index is -0.634. The van der Waals surface area contributed by atoms with Gasteiger partial charge in [0, 0.05) is 22.9 Å². The first-order valence-corrected chi connectivity index (χ1v) is 6.31. The second-order valence-electron chi connectivity index (χ2n) is 4.30. The summed E-state index contributed by atoms with van der Waals surface area (Å²) in [6.07, 6.45) is 1.32. The predicted molar refractivity (Wildman–Crippen MR) is 73.4 cm³/mol. The molecule has 0 unspecified atom stereocenters. The molecular formula is C15H9ClFNO2. The van der Waals surface area contributed by atoms with Crippen molar-refractivity contribution in [2.24, 2.45) is 0 Å². The Hall–Kier alpha value is -2.20. The Morgan fingerprint density at radius 3 is 2.60 bits per heavy atom. The topological polar surface area (TPSA) is 39.2 Å². The molecule has 1 aromatic carbocycles. The van der Waals surface area contributed by atoms with Crippen molar-refractivity contribution < 1.29 is 13.9 Å². The Kier molecular flexibility index (Phi) is 3.24. The van der Waals surface area contributed by atoms with Crippen LogP contribution in [0.3, 0.4) is 0 Å². The van der Waals surface area contributed by atoms with Gasteiger partial charge >= 0.3 is 5.97 Å². The average Bonchev–Trinajstić information content (AvgIpc) is 2.81. The quantitative estimate of drug-likeness (QED) is 0.629. The monoisotopic (exact) mass is 289 g/mol. The van der Waals surface area contributed by atoms with Crippen molar-refractivity contribution in [2.45, 2.75) is 0 Å². The van der Waals surface area contributed by atoms with E-state index in [2.05, 4.69) is 4.98 Å². The first-order chi connectivity index (χ1) is 9.65. The molecule has 20 heavy (non-hydrogen) atoms. The molecule has 3 rings (SSSR count). The number of carbonyl (C=O) groups is 1. The number of carbonyl (C=O) groups excluding carboxylic acids is 1. The van der Waals surface area contributed by atoms with E-state index in [0.29, 0.717) is 16.2 Å². The van der Waals surface area contributed by atoms with Gasteiger partial charge in [-0.05, 0) is 29.3 Å². The molecule has 0 spiro atoms. The molecule has 1 aliphatic heterocycles. The number of benzene rings is 1. The van der Waals surface area contributed by atoms with Crippen molar-refractivity contribution in [2.75, 3.05) is 6.61 Å². The summed E-state index contributed by atoms with van der Waals surface area (Å²) in [5, 5.41) is 0.607. The number of halogens is 2. The zero-order valence-corrected chi connectivity index (χ0v) is 11.0. The van der Waals surface area contributed by atoms with Crippen molar-refractivity contribution in [3.05, 3.63) is 64.7 Å². The minimum Gasteiger partial charge on any atom is -0.457 e. The Balaban J connectivity index is 2.14. The second kappa shape index (κ2) is 5.06. The number of aromatic nitrogens is 1. The maximum absolute atomic E-state index is 13.2. The Labute approximate surface area is 119 Å². The van der Waals surface area contributed by atoms with Crippen LogP contribution < -0.4 is 0 Å². The molecule has 0 amide bonds. The van der Waals surface area contributed by atoms with Crippen molar-refractivity contribution >= 4 is 28.7 Å². The number of hydrogen-bond acceptors (Lipinski definition) is 3. The molecule has 0 saturated heterocycles. The summed E-state index contributed by atoms with van der Waals surface area (Å²) in [7, 11) is 0. The zero-order chi connectivity index (χ0) is 14.1. The van der Waals surface area contributed by atoms with Gasteiger partial charge in [-0.3, -0.25) is 0 Å². The molecule has 5 heteroatoms. The van der Waals surface area contributed by atoms with Gasteiger partial charge in [0.1, 0.15) is 6.61 Å². The number of ether oxygens (including phenoxy) is 1. The highest BCUT2D eigenvalue weighted by molar-refractivity contribution is 6.31. The Morgan fingerprint density at radius 1 is 1.15 bits per heavy atom. The fourth-order valence-corrected chi connectivity index (χ4v) is 2.26. The summed E-state index contributed by atoms with van der Waals surface area (Å²) >= 11 is 5.85. The lowest BCUT2D eigenvalue weighted by Crippen LogP contribution is -1.99. The lowest BCUT2D eigenvalue weighted by molar-refractivity contribution is -0.133. The van der Waals surface area contributed by atoms with Gasteiger partial charge < -0.3 is 4.74 Å². The molecule has 0 N–H and O–H groups in total. The van der Waals surface area contributed by atoms with Crippen molar-refractivity contribution in [1.29, 1.82) is 0 Å². The van der Waals surface area contributed by atoms with Crippen LogP contribution in [0, 0.1) is 5.95 Å². The fraction of sp³-hybridized carbons (Fsp3) is 0.0667. The number of pyridine rings is 1. The van der Waals surface area contributed by atoms with Crippen LogP contribution in [0.1, 0.15) is 11.1 Å². The van der Waals surface area contributed by atoms with Gasteiger partial charge in [0.2, 0.25) is 5.95 Å². The third-order valence-corrected chi connectivity index (χ3v) is 3.31. The normalized spacial score (nSPS) is 14.6. The molecule has 0 aliphatic carbocycles. The molecule has 0 bridgehead atoms. The van der Waals surface area contributed by atoms with Crippen LogP contribution in [0.5, 0.6) is 0 Å². The van der Waals surface area contributed by atoms with Gasteiger partial charge in [0.15, 0.2) is 0 Å². The largest absolute Gasteiger partial charge is 0.457 e. The molecule has 0 atom stereocenters. The third kappa shape index (κ3) is 2.30. The van der Waals surface area contributed by atoms with Gasteiger partial charge in [0.05, 0.1) is 5.57 Å². The molecule has 0 saturated carbocycles. The van der Waals surface area contributed by atoms with Crippen LogP contribution in [0.15, 0.2) is 42.6 Å². The number of esters is 1. The van der Waals surface area contributed by atoms with E-state index in [1.54, 1.807) is 30.3 Å².